The Kier molecular flexibility index (Phi) is 3.19. The first-order valence-corrected chi connectivity index (χ1v) is 6.63. The summed E-state index contributed by atoms with van der Waals surface area (Å²) in [4.78, 5) is -0.257. The lowest BCUT2D eigenvalue weighted by atomic mass is 10.1. The van der Waals surface area contributed by atoms with Crippen LogP contribution in [0.15, 0.2) is 53.4 Å². The van der Waals surface area contributed by atoms with E-state index in [9.17, 15) is 13.0 Å². The van der Waals surface area contributed by atoms with E-state index >= 15 is 0 Å². The molecule has 0 spiro atoms. The van der Waals surface area contributed by atoms with Crippen molar-refractivity contribution < 1.29 is 13.0 Å². The van der Waals surface area contributed by atoms with Crippen molar-refractivity contribution in [1.29, 1.82) is 0 Å². The van der Waals surface area contributed by atoms with Gasteiger partial charge in [0.05, 0.1) is 5.02 Å². The molecule has 2 aromatic carbocycles. The maximum Gasteiger partial charge on any atom is 0.296 e. The van der Waals surface area contributed by atoms with Crippen molar-refractivity contribution in [2.24, 2.45) is 0 Å². The zero-order valence-corrected chi connectivity index (χ0v) is 10.2. The molecule has 0 unspecified atom stereocenters. The second-order valence-corrected chi connectivity index (χ2v) is 5.22. The summed E-state index contributed by atoms with van der Waals surface area (Å²) in [7, 11) is -4.34. The second kappa shape index (κ2) is 4.49. The second-order valence-electron chi connectivity index (χ2n) is 3.46. The molecule has 2 rings (SSSR count). The van der Waals surface area contributed by atoms with E-state index in [4.69, 9.17) is 11.6 Å². The Morgan fingerprint density at radius 1 is 0.941 bits per heavy atom. The molecule has 0 atom stereocenters. The summed E-state index contributed by atoms with van der Waals surface area (Å²) in [6.07, 6.45) is 0. The Balaban J connectivity index is 2.76. The predicted molar refractivity (Wildman–Crippen MR) is 66.7 cm³/mol. The van der Waals surface area contributed by atoms with Gasteiger partial charge in [-0.1, -0.05) is 54.1 Å². The van der Waals surface area contributed by atoms with Gasteiger partial charge in [-0.3, -0.25) is 4.55 Å². The van der Waals surface area contributed by atoms with Gasteiger partial charge in [-0.2, -0.15) is 8.42 Å². The molecule has 3 nitrogen and oxygen atoms in total. The minimum Gasteiger partial charge on any atom is -0.282 e. The summed E-state index contributed by atoms with van der Waals surface area (Å²) in [6.45, 7) is 0. The van der Waals surface area contributed by atoms with Crippen molar-refractivity contribution in [2.45, 2.75) is 4.90 Å². The number of hydrogen-bond donors (Lipinski definition) is 1. The highest BCUT2D eigenvalue weighted by Crippen LogP contribution is 2.32. The van der Waals surface area contributed by atoms with Gasteiger partial charge in [-0.15, -0.1) is 0 Å². The van der Waals surface area contributed by atoms with Crippen LogP contribution in [0.2, 0.25) is 5.02 Å². The molecule has 88 valence electrons. The summed E-state index contributed by atoms with van der Waals surface area (Å²) < 4.78 is 31.8. The highest BCUT2D eigenvalue weighted by Gasteiger charge is 2.19. The quantitative estimate of drug-likeness (QED) is 0.851. The molecule has 0 heterocycles. The highest BCUT2D eigenvalue weighted by molar-refractivity contribution is 7.86. The van der Waals surface area contributed by atoms with Gasteiger partial charge >= 0.3 is 0 Å². The molecule has 0 aliphatic rings. The van der Waals surface area contributed by atoms with Gasteiger partial charge in [0.15, 0.2) is 0 Å². The highest BCUT2D eigenvalue weighted by atomic mass is 35.5. The first kappa shape index (κ1) is 12.1. The van der Waals surface area contributed by atoms with Crippen LogP contribution in [0.4, 0.5) is 0 Å². The fourth-order valence-corrected chi connectivity index (χ4v) is 2.86. The molecule has 0 bridgehead atoms. The first-order valence-electron chi connectivity index (χ1n) is 4.81. The van der Waals surface area contributed by atoms with Crippen LogP contribution in [0.3, 0.4) is 0 Å². The Hall–Kier alpha value is -1.36. The van der Waals surface area contributed by atoms with E-state index in [0.29, 0.717) is 11.1 Å². The topological polar surface area (TPSA) is 54.4 Å². The lowest BCUT2D eigenvalue weighted by molar-refractivity contribution is 0.483. The third kappa shape index (κ3) is 2.49. The number of hydrogen-bond acceptors (Lipinski definition) is 2. The number of rotatable bonds is 2. The van der Waals surface area contributed by atoms with Gasteiger partial charge in [0, 0.05) is 5.56 Å². The van der Waals surface area contributed by atoms with Crippen molar-refractivity contribution in [1.82, 2.24) is 0 Å². The predicted octanol–water partition coefficient (Wildman–Crippen LogP) is 3.25. The molecule has 0 aromatic heterocycles. The van der Waals surface area contributed by atoms with Crippen LogP contribution in [-0.2, 0) is 10.1 Å². The van der Waals surface area contributed by atoms with Crippen LogP contribution in [0, 0.1) is 0 Å². The molecule has 0 radical (unpaired) electrons. The summed E-state index contributed by atoms with van der Waals surface area (Å²) in [5.74, 6) is 0. The summed E-state index contributed by atoms with van der Waals surface area (Å²) in [5.41, 5.74) is 1.07. The van der Waals surface area contributed by atoms with Gasteiger partial charge in [0.1, 0.15) is 4.90 Å². The van der Waals surface area contributed by atoms with E-state index in [1.54, 1.807) is 36.4 Å². The minimum atomic E-state index is -4.34. The maximum atomic E-state index is 11.3. The standard InChI is InChI=1S/C12H9ClO3S/c13-11-8-4-7-10(12(11)17(14,15)16)9-5-2-1-3-6-9/h1-8H,(H,14,15,16). The molecule has 0 aliphatic heterocycles. The van der Waals surface area contributed by atoms with Crippen LogP contribution in [0.25, 0.3) is 11.1 Å². The van der Waals surface area contributed by atoms with E-state index in [1.165, 1.54) is 6.07 Å². The summed E-state index contributed by atoms with van der Waals surface area (Å²) in [6, 6.07) is 13.6. The normalized spacial score (nSPS) is 11.4. The van der Waals surface area contributed by atoms with Crippen LogP contribution in [0.5, 0.6) is 0 Å². The van der Waals surface area contributed by atoms with Crippen LogP contribution < -0.4 is 0 Å². The molecule has 1 N–H and O–H groups in total. The summed E-state index contributed by atoms with van der Waals surface area (Å²) >= 11 is 5.82. The van der Waals surface area contributed by atoms with Gasteiger partial charge in [0.2, 0.25) is 0 Å². The SMILES string of the molecule is O=S(=O)(O)c1c(Cl)cccc1-c1ccccc1. The fourth-order valence-electron chi connectivity index (χ4n) is 1.62. The minimum absolute atomic E-state index is 0.00820. The molecule has 17 heavy (non-hydrogen) atoms. The molecule has 2 aromatic rings. The average molecular weight is 269 g/mol. The van der Waals surface area contributed by atoms with E-state index in [0.717, 1.165) is 0 Å². The summed E-state index contributed by atoms with van der Waals surface area (Å²) in [5, 5.41) is 0.00820. The molecule has 0 fully saturated rings. The Bertz CT molecular complexity index is 636. The van der Waals surface area contributed by atoms with Crippen LogP contribution in [0.1, 0.15) is 0 Å². The average Bonchev–Trinajstić information content (AvgIpc) is 2.28. The zero-order chi connectivity index (χ0) is 12.5. The van der Waals surface area contributed by atoms with E-state index in [2.05, 4.69) is 0 Å². The van der Waals surface area contributed by atoms with E-state index in [1.807, 2.05) is 6.07 Å². The van der Waals surface area contributed by atoms with Crippen molar-refractivity contribution in [2.75, 3.05) is 0 Å². The first-order chi connectivity index (χ1) is 8.00. The van der Waals surface area contributed by atoms with Gasteiger partial charge < -0.3 is 0 Å². The number of halogens is 1. The van der Waals surface area contributed by atoms with Gasteiger partial charge in [-0.25, -0.2) is 0 Å². The maximum absolute atomic E-state index is 11.3. The third-order valence-corrected chi connectivity index (χ3v) is 3.69. The Labute approximate surface area is 104 Å². The smallest absolute Gasteiger partial charge is 0.282 e. The molecule has 0 saturated carbocycles. The molecule has 5 heteroatoms. The van der Waals surface area contributed by atoms with Crippen molar-refractivity contribution >= 4 is 21.7 Å². The Morgan fingerprint density at radius 3 is 2.18 bits per heavy atom. The fraction of sp³-hybridized carbons (Fsp3) is 0. The van der Waals surface area contributed by atoms with Crippen LogP contribution >= 0.6 is 11.6 Å². The van der Waals surface area contributed by atoms with Gasteiger partial charge in [-0.05, 0) is 11.6 Å². The number of benzene rings is 2. The monoisotopic (exact) mass is 268 g/mol. The largest absolute Gasteiger partial charge is 0.296 e. The van der Waals surface area contributed by atoms with Crippen molar-refractivity contribution in [3.63, 3.8) is 0 Å². The van der Waals surface area contributed by atoms with E-state index < -0.39 is 10.1 Å². The molecule has 0 amide bonds. The lowest BCUT2D eigenvalue weighted by Crippen LogP contribution is -2.01. The van der Waals surface area contributed by atoms with Crippen molar-refractivity contribution in [3.05, 3.63) is 53.6 Å². The molecule has 0 saturated heterocycles. The molecular weight excluding hydrogens is 260 g/mol. The van der Waals surface area contributed by atoms with Crippen LogP contribution in [-0.4, -0.2) is 13.0 Å². The van der Waals surface area contributed by atoms with Gasteiger partial charge in [0.25, 0.3) is 10.1 Å². The lowest BCUT2D eigenvalue weighted by Gasteiger charge is -2.08. The molecular formula is C12H9ClO3S. The van der Waals surface area contributed by atoms with E-state index in [-0.39, 0.29) is 9.92 Å². The Morgan fingerprint density at radius 2 is 1.59 bits per heavy atom. The van der Waals surface area contributed by atoms with Crippen molar-refractivity contribution in [3.8, 4) is 11.1 Å². The third-order valence-electron chi connectivity index (χ3n) is 2.31. The zero-order valence-electron chi connectivity index (χ0n) is 8.67. The molecule has 0 aliphatic carbocycles.